The fourth-order valence-electron chi connectivity index (χ4n) is 2.64. The van der Waals surface area contributed by atoms with Gasteiger partial charge in [0.25, 0.3) is 0 Å². The van der Waals surface area contributed by atoms with Crippen LogP contribution >= 0.6 is 0 Å². The van der Waals surface area contributed by atoms with Gasteiger partial charge in [-0.05, 0) is 25.7 Å². The maximum Gasteiger partial charge on any atom is 0.0613 e. The van der Waals surface area contributed by atoms with Crippen LogP contribution in [-0.2, 0) is 4.74 Å². The lowest BCUT2D eigenvalue weighted by Crippen LogP contribution is -2.49. The average molecular weight is 255 g/mol. The van der Waals surface area contributed by atoms with Crippen LogP contribution in [0, 0.1) is 5.92 Å². The summed E-state index contributed by atoms with van der Waals surface area (Å²) in [6.07, 6.45) is 2.95. The summed E-state index contributed by atoms with van der Waals surface area (Å²) in [6.45, 7) is 11.6. The van der Waals surface area contributed by atoms with Gasteiger partial charge in [0.05, 0.1) is 6.61 Å². The first-order chi connectivity index (χ1) is 8.78. The largest absolute Gasteiger partial charge is 0.383 e. The number of nitrogens with zero attached hydrogens (tertiary/aromatic N) is 2. The van der Waals surface area contributed by atoms with Crippen molar-refractivity contribution in [2.45, 2.75) is 25.8 Å². The highest BCUT2D eigenvalue weighted by atomic mass is 16.5. The maximum absolute atomic E-state index is 5.12. The Kier molecular flexibility index (Phi) is 5.89. The van der Waals surface area contributed by atoms with Crippen molar-refractivity contribution in [1.82, 2.24) is 15.1 Å². The molecule has 1 saturated carbocycles. The molecule has 1 unspecified atom stereocenters. The Morgan fingerprint density at radius 3 is 2.44 bits per heavy atom. The third kappa shape index (κ3) is 5.22. The second-order valence-corrected chi connectivity index (χ2v) is 5.90. The van der Waals surface area contributed by atoms with E-state index in [1.807, 2.05) is 0 Å². The van der Waals surface area contributed by atoms with E-state index in [2.05, 4.69) is 22.0 Å². The molecular weight excluding hydrogens is 226 g/mol. The highest BCUT2D eigenvalue weighted by molar-refractivity contribution is 4.80. The number of rotatable bonds is 8. The van der Waals surface area contributed by atoms with Crippen LogP contribution in [0.3, 0.4) is 0 Å². The van der Waals surface area contributed by atoms with Gasteiger partial charge in [-0.1, -0.05) is 0 Å². The smallest absolute Gasteiger partial charge is 0.0613 e. The molecule has 106 valence electrons. The molecule has 0 amide bonds. The molecule has 0 aromatic carbocycles. The first-order valence-corrected chi connectivity index (χ1v) is 7.45. The van der Waals surface area contributed by atoms with Gasteiger partial charge in [-0.15, -0.1) is 0 Å². The zero-order valence-electron chi connectivity index (χ0n) is 12.0. The molecule has 0 radical (unpaired) electrons. The van der Waals surface area contributed by atoms with E-state index in [0.717, 1.165) is 19.1 Å². The Bertz CT molecular complexity index is 225. The van der Waals surface area contributed by atoms with E-state index in [4.69, 9.17) is 4.74 Å². The molecule has 0 bridgehead atoms. The molecule has 4 nitrogen and oxygen atoms in total. The molecule has 1 saturated heterocycles. The number of nitrogens with one attached hydrogen (secondary N) is 1. The van der Waals surface area contributed by atoms with Crippen LogP contribution < -0.4 is 5.32 Å². The van der Waals surface area contributed by atoms with Crippen molar-refractivity contribution in [3.05, 3.63) is 0 Å². The number of methoxy groups -OCH3 is 1. The molecule has 1 heterocycles. The molecule has 2 rings (SSSR count). The predicted octanol–water partition coefficient (Wildman–Crippen LogP) is 0.639. The Hall–Kier alpha value is -0.160. The van der Waals surface area contributed by atoms with Gasteiger partial charge < -0.3 is 15.0 Å². The van der Waals surface area contributed by atoms with E-state index >= 15 is 0 Å². The zero-order valence-corrected chi connectivity index (χ0v) is 12.0. The van der Waals surface area contributed by atoms with Gasteiger partial charge in [0, 0.05) is 59.0 Å². The highest BCUT2D eigenvalue weighted by Crippen LogP contribution is 2.29. The zero-order chi connectivity index (χ0) is 12.8. The van der Waals surface area contributed by atoms with E-state index in [1.165, 1.54) is 52.1 Å². The van der Waals surface area contributed by atoms with Crippen LogP contribution in [0.15, 0.2) is 0 Å². The van der Waals surface area contributed by atoms with Crippen LogP contribution in [0.4, 0.5) is 0 Å². The van der Waals surface area contributed by atoms with Crippen molar-refractivity contribution in [2.24, 2.45) is 5.92 Å². The highest BCUT2D eigenvalue weighted by Gasteiger charge is 2.26. The third-order valence-corrected chi connectivity index (χ3v) is 4.02. The molecule has 0 aromatic rings. The first-order valence-electron chi connectivity index (χ1n) is 7.45. The summed E-state index contributed by atoms with van der Waals surface area (Å²) in [5.74, 6) is 1.04. The van der Waals surface area contributed by atoms with Crippen molar-refractivity contribution < 1.29 is 4.74 Å². The lowest BCUT2D eigenvalue weighted by Gasteiger charge is -2.35. The normalized spacial score (nSPS) is 24.3. The molecule has 2 aliphatic rings. The molecule has 4 heteroatoms. The van der Waals surface area contributed by atoms with Gasteiger partial charge >= 0.3 is 0 Å². The number of ether oxygens (including phenoxy) is 1. The molecule has 1 aliphatic carbocycles. The summed E-state index contributed by atoms with van der Waals surface area (Å²) in [5.41, 5.74) is 0. The summed E-state index contributed by atoms with van der Waals surface area (Å²) in [4.78, 5) is 5.23. The molecule has 1 N–H and O–H groups in total. The van der Waals surface area contributed by atoms with Crippen molar-refractivity contribution in [1.29, 1.82) is 0 Å². The fourth-order valence-corrected chi connectivity index (χ4v) is 2.64. The molecule has 18 heavy (non-hydrogen) atoms. The molecule has 0 spiro atoms. The Balaban J connectivity index is 1.50. The summed E-state index contributed by atoms with van der Waals surface area (Å²) < 4.78 is 5.12. The van der Waals surface area contributed by atoms with Gasteiger partial charge in [-0.3, -0.25) is 4.90 Å². The maximum atomic E-state index is 5.12. The van der Waals surface area contributed by atoms with Crippen molar-refractivity contribution >= 4 is 0 Å². The minimum absolute atomic E-state index is 0.464. The molecule has 1 atom stereocenters. The summed E-state index contributed by atoms with van der Waals surface area (Å²) in [6, 6.07) is 0.464. The average Bonchev–Trinajstić information content (AvgIpc) is 3.16. The van der Waals surface area contributed by atoms with E-state index < -0.39 is 0 Å². The lowest BCUT2D eigenvalue weighted by molar-refractivity contribution is 0.125. The second kappa shape index (κ2) is 7.43. The standard InChI is InChI=1S/C14H29N3O/c1-13(12-18-2)15-5-6-16-7-9-17(10-8-16)11-14-3-4-14/h13-15H,3-12H2,1-2H3. The lowest BCUT2D eigenvalue weighted by atomic mass is 10.2. The third-order valence-electron chi connectivity index (χ3n) is 4.02. The van der Waals surface area contributed by atoms with Crippen LogP contribution in [-0.4, -0.2) is 75.4 Å². The molecule has 0 aromatic heterocycles. The van der Waals surface area contributed by atoms with Gasteiger partial charge in [0.15, 0.2) is 0 Å². The summed E-state index contributed by atoms with van der Waals surface area (Å²) in [5, 5.41) is 3.50. The Morgan fingerprint density at radius 2 is 1.83 bits per heavy atom. The fraction of sp³-hybridized carbons (Fsp3) is 1.00. The number of hydrogen-bond donors (Lipinski definition) is 1. The Labute approximate surface area is 112 Å². The quantitative estimate of drug-likeness (QED) is 0.689. The van der Waals surface area contributed by atoms with Crippen LogP contribution in [0.1, 0.15) is 19.8 Å². The minimum atomic E-state index is 0.464. The van der Waals surface area contributed by atoms with E-state index in [1.54, 1.807) is 7.11 Å². The van der Waals surface area contributed by atoms with Gasteiger partial charge in [-0.25, -0.2) is 0 Å². The summed E-state index contributed by atoms with van der Waals surface area (Å²) >= 11 is 0. The van der Waals surface area contributed by atoms with E-state index in [-0.39, 0.29) is 0 Å². The monoisotopic (exact) mass is 255 g/mol. The predicted molar refractivity (Wildman–Crippen MR) is 74.9 cm³/mol. The number of hydrogen-bond acceptors (Lipinski definition) is 4. The topological polar surface area (TPSA) is 27.7 Å². The van der Waals surface area contributed by atoms with Crippen molar-refractivity contribution in [3.8, 4) is 0 Å². The molecular formula is C14H29N3O. The summed E-state index contributed by atoms with van der Waals surface area (Å²) in [7, 11) is 1.76. The minimum Gasteiger partial charge on any atom is -0.383 e. The van der Waals surface area contributed by atoms with Crippen LogP contribution in [0.5, 0.6) is 0 Å². The first kappa shape index (κ1) is 14.3. The van der Waals surface area contributed by atoms with Gasteiger partial charge in [0.1, 0.15) is 0 Å². The SMILES string of the molecule is COCC(C)NCCN1CCN(CC2CC2)CC1. The second-order valence-electron chi connectivity index (χ2n) is 5.90. The van der Waals surface area contributed by atoms with Crippen molar-refractivity contribution in [3.63, 3.8) is 0 Å². The van der Waals surface area contributed by atoms with Gasteiger partial charge in [-0.2, -0.15) is 0 Å². The van der Waals surface area contributed by atoms with Crippen LogP contribution in [0.2, 0.25) is 0 Å². The molecule has 2 fully saturated rings. The molecule has 1 aliphatic heterocycles. The Morgan fingerprint density at radius 1 is 1.17 bits per heavy atom. The van der Waals surface area contributed by atoms with E-state index in [9.17, 15) is 0 Å². The van der Waals surface area contributed by atoms with Crippen LogP contribution in [0.25, 0.3) is 0 Å². The van der Waals surface area contributed by atoms with Crippen molar-refractivity contribution in [2.75, 3.05) is 59.5 Å². The van der Waals surface area contributed by atoms with Gasteiger partial charge in [0.2, 0.25) is 0 Å². The number of piperazine rings is 1. The van der Waals surface area contributed by atoms with E-state index in [0.29, 0.717) is 6.04 Å².